The monoisotopic (exact) mass is 453 g/mol. The lowest BCUT2D eigenvalue weighted by molar-refractivity contribution is -0.137. The molecule has 0 radical (unpaired) electrons. The summed E-state index contributed by atoms with van der Waals surface area (Å²) in [6.45, 7) is 4.45. The molecule has 0 saturated heterocycles. The molecule has 0 aliphatic heterocycles. The van der Waals surface area contributed by atoms with Crippen molar-refractivity contribution in [3.05, 3.63) is 30.1 Å². The molecular formula is C19H18F3N5O3S. The molecule has 0 spiro atoms. The Morgan fingerprint density at radius 1 is 1.19 bits per heavy atom. The Morgan fingerprint density at radius 3 is 2.45 bits per heavy atom. The molecule has 0 bridgehead atoms. The van der Waals surface area contributed by atoms with Crippen molar-refractivity contribution in [2.45, 2.75) is 37.4 Å². The fourth-order valence-electron chi connectivity index (χ4n) is 2.80. The number of nitriles is 1. The minimum absolute atomic E-state index is 0.0277. The van der Waals surface area contributed by atoms with Gasteiger partial charge in [0, 0.05) is 19.3 Å². The lowest BCUT2D eigenvalue weighted by atomic mass is 10.2. The van der Waals surface area contributed by atoms with Crippen molar-refractivity contribution in [3.8, 4) is 23.3 Å². The number of fused-ring (bicyclic) bond motifs is 1. The van der Waals surface area contributed by atoms with Gasteiger partial charge in [0.15, 0.2) is 26.9 Å². The highest BCUT2D eigenvalue weighted by Gasteiger charge is 2.32. The fraction of sp³-hybridized carbons (Fsp3) is 0.368. The first-order valence-electron chi connectivity index (χ1n) is 9.02. The number of halogens is 3. The molecule has 164 valence electrons. The topological polar surface area (TPSA) is 111 Å². The fourth-order valence-corrected chi connectivity index (χ4v) is 3.85. The van der Waals surface area contributed by atoms with Crippen LogP contribution in [0, 0.1) is 11.3 Å². The van der Waals surface area contributed by atoms with Crippen LogP contribution >= 0.6 is 0 Å². The number of nitrogens with zero attached hydrogens (tertiary/aromatic N) is 5. The summed E-state index contributed by atoms with van der Waals surface area (Å²) < 4.78 is 71.4. The molecule has 0 saturated carbocycles. The molecule has 0 atom stereocenters. The molecule has 0 N–H and O–H groups in total. The van der Waals surface area contributed by atoms with Gasteiger partial charge in [-0.25, -0.2) is 23.4 Å². The number of rotatable bonds is 5. The molecule has 0 aromatic carbocycles. The Balaban J connectivity index is 2.23. The van der Waals surface area contributed by atoms with E-state index in [9.17, 15) is 21.6 Å². The number of pyridine rings is 2. The first-order chi connectivity index (χ1) is 14.3. The van der Waals surface area contributed by atoms with Gasteiger partial charge in [-0.3, -0.25) is 0 Å². The smallest absolute Gasteiger partial charge is 0.417 e. The van der Waals surface area contributed by atoms with Crippen LogP contribution in [0.1, 0.15) is 26.3 Å². The van der Waals surface area contributed by atoms with E-state index in [-0.39, 0.29) is 39.1 Å². The quantitative estimate of drug-likeness (QED) is 0.581. The summed E-state index contributed by atoms with van der Waals surface area (Å²) in [7, 11) is -2.33. The van der Waals surface area contributed by atoms with Crippen molar-refractivity contribution in [2.75, 3.05) is 5.75 Å². The van der Waals surface area contributed by atoms with Gasteiger partial charge in [0.25, 0.3) is 0 Å². The predicted octanol–water partition coefficient (Wildman–Crippen LogP) is 3.52. The second-order valence-electron chi connectivity index (χ2n) is 7.20. The van der Waals surface area contributed by atoms with Crippen LogP contribution in [0.15, 0.2) is 29.4 Å². The number of sulfone groups is 1. The minimum Gasteiger partial charge on any atom is -0.471 e. The average Bonchev–Trinajstić information content (AvgIpc) is 3.03. The van der Waals surface area contributed by atoms with Crippen molar-refractivity contribution >= 4 is 21.0 Å². The number of hydrogen-bond donors (Lipinski definition) is 0. The Hall–Kier alpha value is -3.20. The third-order valence-corrected chi connectivity index (χ3v) is 6.17. The molecule has 0 amide bonds. The molecule has 0 unspecified atom stereocenters. The summed E-state index contributed by atoms with van der Waals surface area (Å²) in [6, 6.07) is 4.01. The first kappa shape index (κ1) is 22.5. The highest BCUT2D eigenvalue weighted by atomic mass is 32.2. The van der Waals surface area contributed by atoms with Gasteiger partial charge < -0.3 is 9.30 Å². The van der Waals surface area contributed by atoms with Gasteiger partial charge in [-0.15, -0.1) is 0 Å². The lowest BCUT2D eigenvalue weighted by Crippen LogP contribution is -2.25. The van der Waals surface area contributed by atoms with Crippen LogP contribution in [0.2, 0.25) is 0 Å². The first-order valence-corrected chi connectivity index (χ1v) is 10.7. The molecule has 8 nitrogen and oxygen atoms in total. The largest absolute Gasteiger partial charge is 0.471 e. The maximum absolute atomic E-state index is 13.0. The summed E-state index contributed by atoms with van der Waals surface area (Å²) >= 11 is 0. The van der Waals surface area contributed by atoms with E-state index in [4.69, 9.17) is 10.00 Å². The van der Waals surface area contributed by atoms with Crippen LogP contribution in [-0.4, -0.2) is 39.3 Å². The molecule has 3 aromatic rings. The molecule has 3 aromatic heterocycles. The van der Waals surface area contributed by atoms with Crippen molar-refractivity contribution < 1.29 is 26.3 Å². The van der Waals surface area contributed by atoms with E-state index in [0.29, 0.717) is 6.20 Å². The van der Waals surface area contributed by atoms with E-state index in [1.165, 1.54) is 44.6 Å². The van der Waals surface area contributed by atoms with Crippen molar-refractivity contribution in [1.82, 2.24) is 19.5 Å². The van der Waals surface area contributed by atoms with E-state index in [0.717, 1.165) is 6.07 Å². The van der Waals surface area contributed by atoms with Crippen molar-refractivity contribution in [2.24, 2.45) is 7.05 Å². The summed E-state index contributed by atoms with van der Waals surface area (Å²) in [5.74, 6) is -0.175. The number of aryl methyl sites for hydroxylation is 1. The molecule has 31 heavy (non-hydrogen) atoms. The summed E-state index contributed by atoms with van der Waals surface area (Å²) in [5, 5.41) is 9.15. The van der Waals surface area contributed by atoms with E-state index in [1.54, 1.807) is 0 Å². The van der Waals surface area contributed by atoms with Crippen LogP contribution < -0.4 is 4.74 Å². The highest BCUT2D eigenvalue weighted by molar-refractivity contribution is 7.91. The van der Waals surface area contributed by atoms with Crippen LogP contribution in [-0.2, 0) is 23.1 Å². The van der Waals surface area contributed by atoms with Crippen LogP contribution in [0.5, 0.6) is 5.75 Å². The van der Waals surface area contributed by atoms with Crippen LogP contribution in [0.25, 0.3) is 22.7 Å². The van der Waals surface area contributed by atoms with Crippen molar-refractivity contribution in [1.29, 1.82) is 5.26 Å². The van der Waals surface area contributed by atoms with Crippen LogP contribution in [0.4, 0.5) is 13.2 Å². The van der Waals surface area contributed by atoms with Gasteiger partial charge in [0.1, 0.15) is 27.9 Å². The van der Waals surface area contributed by atoms with E-state index in [1.807, 2.05) is 6.07 Å². The van der Waals surface area contributed by atoms with Gasteiger partial charge in [-0.1, -0.05) is 6.92 Å². The third kappa shape index (κ3) is 4.32. The minimum atomic E-state index is -4.60. The average molecular weight is 453 g/mol. The predicted molar refractivity (Wildman–Crippen MR) is 105 cm³/mol. The number of imidazole rings is 1. The molecular weight excluding hydrogens is 435 g/mol. The molecule has 12 heteroatoms. The van der Waals surface area contributed by atoms with Gasteiger partial charge in [-0.2, -0.15) is 18.4 Å². The lowest BCUT2D eigenvalue weighted by Gasteiger charge is -2.19. The van der Waals surface area contributed by atoms with Crippen molar-refractivity contribution in [3.63, 3.8) is 0 Å². The highest BCUT2D eigenvalue weighted by Crippen LogP contribution is 2.34. The third-order valence-electron chi connectivity index (χ3n) is 4.43. The zero-order chi connectivity index (χ0) is 23.2. The van der Waals surface area contributed by atoms with E-state index < -0.39 is 27.2 Å². The summed E-state index contributed by atoms with van der Waals surface area (Å²) in [6.07, 6.45) is -2.68. The summed E-state index contributed by atoms with van der Waals surface area (Å²) in [5.41, 5.74) is -2.18. The normalized spacial score (nSPS) is 12.7. The SMILES string of the molecule is CCS(=O)(=O)c1cc(OC(C)(C)C#N)cnc1-c1nc2cc(C(F)(F)F)cnc2n1C. The molecule has 3 heterocycles. The Kier molecular flexibility index (Phi) is 5.43. The Morgan fingerprint density at radius 2 is 1.87 bits per heavy atom. The standard InChI is InChI=1S/C19H18F3N5O3S/c1-5-31(28,29)14-7-12(30-18(2,3)10-23)9-24-15(14)17-26-13-6-11(19(20,21)22)8-25-16(13)27(17)4/h6-9H,5H2,1-4H3. The number of aromatic nitrogens is 4. The zero-order valence-electron chi connectivity index (χ0n) is 17.0. The molecule has 0 fully saturated rings. The maximum Gasteiger partial charge on any atom is 0.417 e. The summed E-state index contributed by atoms with van der Waals surface area (Å²) in [4.78, 5) is 11.9. The van der Waals surface area contributed by atoms with E-state index >= 15 is 0 Å². The Labute approximate surface area is 176 Å². The second kappa shape index (κ2) is 7.49. The number of hydrogen-bond acceptors (Lipinski definition) is 7. The number of ether oxygens (including phenoxy) is 1. The molecule has 0 aliphatic rings. The van der Waals surface area contributed by atoms with Gasteiger partial charge >= 0.3 is 6.18 Å². The second-order valence-corrected chi connectivity index (χ2v) is 9.45. The van der Waals surface area contributed by atoms with Crippen LogP contribution in [0.3, 0.4) is 0 Å². The Bertz CT molecular complexity index is 1310. The molecule has 3 rings (SSSR count). The molecule has 0 aliphatic carbocycles. The van der Waals surface area contributed by atoms with Gasteiger partial charge in [0.05, 0.1) is 17.5 Å². The van der Waals surface area contributed by atoms with Gasteiger partial charge in [0.2, 0.25) is 0 Å². The zero-order valence-corrected chi connectivity index (χ0v) is 17.8. The van der Waals surface area contributed by atoms with Gasteiger partial charge in [-0.05, 0) is 19.9 Å². The van der Waals surface area contributed by atoms with E-state index in [2.05, 4.69) is 15.0 Å². The maximum atomic E-state index is 13.0. The number of alkyl halides is 3.